The number of aromatic hydroxyl groups is 2. The first-order valence-electron chi connectivity index (χ1n) is 8.87. The Hall–Kier alpha value is -2.37. The second kappa shape index (κ2) is 7.89. The molecule has 26 heavy (non-hydrogen) atoms. The van der Waals surface area contributed by atoms with E-state index in [1.165, 1.54) is 0 Å². The molecule has 2 aromatic rings. The SMILES string of the molecule is CC(C)c1cc(C(=O)c2cc(C(C)C)c(O)cc2CN)c(CN)cc1O. The number of hydrogen-bond acceptors (Lipinski definition) is 5. The molecule has 0 saturated heterocycles. The second-order valence-corrected chi connectivity index (χ2v) is 7.18. The number of nitrogens with two attached hydrogens (primary N) is 2. The Morgan fingerprint density at radius 2 is 1.15 bits per heavy atom. The quantitative estimate of drug-likeness (QED) is 0.592. The summed E-state index contributed by atoms with van der Waals surface area (Å²) in [4.78, 5) is 13.3. The van der Waals surface area contributed by atoms with Crippen LogP contribution in [0.5, 0.6) is 11.5 Å². The molecule has 0 aliphatic rings. The summed E-state index contributed by atoms with van der Waals surface area (Å²) in [5.74, 6) is 0.214. The molecule has 0 atom stereocenters. The highest BCUT2D eigenvalue weighted by Crippen LogP contribution is 2.33. The predicted molar refractivity (Wildman–Crippen MR) is 104 cm³/mol. The van der Waals surface area contributed by atoms with E-state index in [2.05, 4.69) is 0 Å². The summed E-state index contributed by atoms with van der Waals surface area (Å²) in [5, 5.41) is 20.4. The van der Waals surface area contributed by atoms with Gasteiger partial charge < -0.3 is 21.7 Å². The molecule has 0 amide bonds. The Morgan fingerprint density at radius 1 is 0.808 bits per heavy atom. The Bertz CT molecular complexity index is 759. The van der Waals surface area contributed by atoms with Crippen LogP contribution in [0.1, 0.15) is 77.7 Å². The van der Waals surface area contributed by atoms with Crippen LogP contribution in [0.25, 0.3) is 0 Å². The molecule has 0 radical (unpaired) electrons. The monoisotopic (exact) mass is 356 g/mol. The summed E-state index contributed by atoms with van der Waals surface area (Å²) in [5.41, 5.74) is 15.1. The van der Waals surface area contributed by atoms with Gasteiger partial charge in [-0.1, -0.05) is 27.7 Å². The van der Waals surface area contributed by atoms with Crippen LogP contribution < -0.4 is 11.5 Å². The molecule has 6 N–H and O–H groups in total. The molecule has 5 nitrogen and oxygen atoms in total. The largest absolute Gasteiger partial charge is 0.508 e. The predicted octanol–water partition coefficient (Wildman–Crippen LogP) is 3.49. The van der Waals surface area contributed by atoms with Crippen LogP contribution in [-0.4, -0.2) is 16.0 Å². The van der Waals surface area contributed by atoms with Crippen LogP contribution in [0.3, 0.4) is 0 Å². The van der Waals surface area contributed by atoms with E-state index in [0.29, 0.717) is 33.4 Å². The van der Waals surface area contributed by atoms with E-state index >= 15 is 0 Å². The topological polar surface area (TPSA) is 110 Å². The first-order chi connectivity index (χ1) is 12.2. The van der Waals surface area contributed by atoms with Gasteiger partial charge in [-0.05, 0) is 58.4 Å². The lowest BCUT2D eigenvalue weighted by Crippen LogP contribution is -2.14. The van der Waals surface area contributed by atoms with Crippen LogP contribution in [0.15, 0.2) is 24.3 Å². The lowest BCUT2D eigenvalue weighted by atomic mass is 9.88. The van der Waals surface area contributed by atoms with E-state index in [1.807, 2.05) is 27.7 Å². The van der Waals surface area contributed by atoms with Crippen molar-refractivity contribution in [2.45, 2.75) is 52.6 Å². The molecule has 140 valence electrons. The van der Waals surface area contributed by atoms with Crippen molar-refractivity contribution in [1.29, 1.82) is 0 Å². The Kier molecular flexibility index (Phi) is 6.05. The molecule has 0 saturated carbocycles. The molecule has 5 heteroatoms. The van der Waals surface area contributed by atoms with Crippen LogP contribution in [0.2, 0.25) is 0 Å². The molecule has 0 bridgehead atoms. The molecule has 0 aliphatic heterocycles. The fraction of sp³-hybridized carbons (Fsp3) is 0.381. The van der Waals surface area contributed by atoms with Gasteiger partial charge in [0.25, 0.3) is 0 Å². The molecular weight excluding hydrogens is 328 g/mol. The number of hydrogen-bond donors (Lipinski definition) is 4. The number of carbonyl (C=O) groups is 1. The molecule has 2 aromatic carbocycles. The highest BCUT2D eigenvalue weighted by molar-refractivity contribution is 6.11. The van der Waals surface area contributed by atoms with Gasteiger partial charge in [0.1, 0.15) is 11.5 Å². The van der Waals surface area contributed by atoms with Gasteiger partial charge in [0.05, 0.1) is 0 Å². The van der Waals surface area contributed by atoms with E-state index in [9.17, 15) is 15.0 Å². The van der Waals surface area contributed by atoms with Gasteiger partial charge in [0.2, 0.25) is 0 Å². The lowest BCUT2D eigenvalue weighted by molar-refractivity contribution is 0.103. The van der Waals surface area contributed by atoms with Crippen LogP contribution in [0.4, 0.5) is 0 Å². The van der Waals surface area contributed by atoms with E-state index in [4.69, 9.17) is 11.5 Å². The number of rotatable bonds is 6. The highest BCUT2D eigenvalue weighted by Gasteiger charge is 2.22. The number of carbonyl (C=O) groups excluding carboxylic acids is 1. The van der Waals surface area contributed by atoms with Gasteiger partial charge in [-0.25, -0.2) is 0 Å². The summed E-state index contributed by atoms with van der Waals surface area (Å²) >= 11 is 0. The second-order valence-electron chi connectivity index (χ2n) is 7.18. The summed E-state index contributed by atoms with van der Waals surface area (Å²) in [6, 6.07) is 6.56. The van der Waals surface area contributed by atoms with E-state index in [1.54, 1.807) is 24.3 Å². The average Bonchev–Trinajstić information content (AvgIpc) is 2.59. The minimum Gasteiger partial charge on any atom is -0.508 e. The minimum atomic E-state index is -0.199. The lowest BCUT2D eigenvalue weighted by Gasteiger charge is -2.17. The van der Waals surface area contributed by atoms with E-state index < -0.39 is 0 Å². The van der Waals surface area contributed by atoms with Gasteiger partial charge in [-0.2, -0.15) is 0 Å². The summed E-state index contributed by atoms with van der Waals surface area (Å²) < 4.78 is 0. The maximum absolute atomic E-state index is 13.3. The van der Waals surface area contributed by atoms with Gasteiger partial charge in [0.15, 0.2) is 5.78 Å². The van der Waals surface area contributed by atoms with E-state index in [-0.39, 0.29) is 42.2 Å². The number of phenolic OH excluding ortho intramolecular Hbond substituents is 2. The normalized spacial score (nSPS) is 11.4. The number of ketones is 1. The Balaban J connectivity index is 2.69. The van der Waals surface area contributed by atoms with Crippen molar-refractivity contribution in [2.24, 2.45) is 11.5 Å². The molecule has 0 aliphatic carbocycles. The fourth-order valence-corrected chi connectivity index (χ4v) is 3.13. The van der Waals surface area contributed by atoms with Crippen molar-refractivity contribution in [2.75, 3.05) is 0 Å². The van der Waals surface area contributed by atoms with Gasteiger partial charge in [-0.3, -0.25) is 4.79 Å². The van der Waals surface area contributed by atoms with Crippen LogP contribution in [0, 0.1) is 0 Å². The first kappa shape index (κ1) is 19.9. The third-order valence-electron chi connectivity index (χ3n) is 4.68. The molecule has 0 spiro atoms. The average molecular weight is 356 g/mol. The Labute approximate surface area is 154 Å². The van der Waals surface area contributed by atoms with Crippen molar-refractivity contribution >= 4 is 5.78 Å². The smallest absolute Gasteiger partial charge is 0.193 e. The van der Waals surface area contributed by atoms with Crippen molar-refractivity contribution in [1.82, 2.24) is 0 Å². The third-order valence-corrected chi connectivity index (χ3v) is 4.68. The van der Waals surface area contributed by atoms with Crippen molar-refractivity contribution in [3.63, 3.8) is 0 Å². The maximum Gasteiger partial charge on any atom is 0.193 e. The van der Waals surface area contributed by atoms with Crippen LogP contribution in [-0.2, 0) is 13.1 Å². The standard InChI is InChI=1S/C21H28N2O3/c1-11(2)15-7-17(13(9-22)5-19(15)24)21(26)18-8-16(12(3)4)20(25)6-14(18)10-23/h5-8,11-12,24-25H,9-10,22-23H2,1-4H3. The Morgan fingerprint density at radius 3 is 1.42 bits per heavy atom. The van der Waals surface area contributed by atoms with Crippen LogP contribution >= 0.6 is 0 Å². The summed E-state index contributed by atoms with van der Waals surface area (Å²) in [6.07, 6.45) is 0. The van der Waals surface area contributed by atoms with Gasteiger partial charge >= 0.3 is 0 Å². The van der Waals surface area contributed by atoms with Gasteiger partial charge in [-0.15, -0.1) is 0 Å². The molecule has 2 rings (SSSR count). The minimum absolute atomic E-state index is 0.0633. The first-order valence-corrected chi connectivity index (χ1v) is 8.87. The zero-order valence-corrected chi connectivity index (χ0v) is 15.8. The van der Waals surface area contributed by atoms with Crippen molar-refractivity contribution < 1.29 is 15.0 Å². The zero-order chi connectivity index (χ0) is 19.6. The van der Waals surface area contributed by atoms with Gasteiger partial charge in [0, 0.05) is 24.2 Å². The highest BCUT2D eigenvalue weighted by atomic mass is 16.3. The fourth-order valence-electron chi connectivity index (χ4n) is 3.13. The molecule has 0 aromatic heterocycles. The zero-order valence-electron chi connectivity index (χ0n) is 15.8. The van der Waals surface area contributed by atoms with Crippen molar-refractivity contribution in [3.8, 4) is 11.5 Å². The summed E-state index contributed by atoms with van der Waals surface area (Å²) in [7, 11) is 0. The third kappa shape index (κ3) is 3.74. The molecular formula is C21H28N2O3. The van der Waals surface area contributed by atoms with E-state index in [0.717, 1.165) is 0 Å². The molecule has 0 unspecified atom stereocenters. The van der Waals surface area contributed by atoms with Crippen molar-refractivity contribution in [3.05, 3.63) is 57.6 Å². The number of benzene rings is 2. The summed E-state index contributed by atoms with van der Waals surface area (Å²) in [6.45, 7) is 8.09. The molecule has 0 heterocycles. The maximum atomic E-state index is 13.3. The number of phenols is 2. The molecule has 0 fully saturated rings.